The first-order valence-electron chi connectivity index (χ1n) is 6.06. The molecule has 0 fully saturated rings. The highest BCUT2D eigenvalue weighted by molar-refractivity contribution is 6.34. The Morgan fingerprint density at radius 3 is 3.00 bits per heavy atom. The molecule has 0 saturated heterocycles. The average Bonchev–Trinajstić information content (AvgIpc) is 2.87. The molecular weight excluding hydrogens is 297 g/mol. The topological polar surface area (TPSA) is 57.8 Å². The van der Waals surface area contributed by atoms with Gasteiger partial charge in [-0.15, -0.1) is 0 Å². The van der Waals surface area contributed by atoms with E-state index in [9.17, 15) is 4.79 Å². The lowest BCUT2D eigenvalue weighted by atomic mass is 10.2. The van der Waals surface area contributed by atoms with E-state index in [0.29, 0.717) is 21.4 Å². The molecule has 2 rings (SSSR count). The van der Waals surface area contributed by atoms with Crippen LogP contribution in [0.5, 0.6) is 0 Å². The fraction of sp³-hybridized carbons (Fsp3) is 0.143. The van der Waals surface area contributed by atoms with Crippen molar-refractivity contribution in [3.05, 3.63) is 51.6 Å². The number of rotatable bonds is 4. The van der Waals surface area contributed by atoms with Crippen molar-refractivity contribution in [3.63, 3.8) is 0 Å². The first kappa shape index (κ1) is 14.6. The number of carbonyl (C=O) groups excluding carboxylic acids is 1. The number of benzene rings is 1. The number of H-pyrrole nitrogens is 1. The summed E-state index contributed by atoms with van der Waals surface area (Å²) in [5.41, 5.74) is 1.64. The molecule has 0 unspecified atom stereocenters. The zero-order valence-corrected chi connectivity index (χ0v) is 12.3. The number of hydrogen-bond acceptors (Lipinski definition) is 2. The van der Waals surface area contributed by atoms with Crippen LogP contribution in [0.1, 0.15) is 18.1 Å². The van der Waals surface area contributed by atoms with Gasteiger partial charge in [-0.2, -0.15) is 5.10 Å². The quantitative estimate of drug-likeness (QED) is 0.841. The van der Waals surface area contributed by atoms with Crippen molar-refractivity contribution < 1.29 is 4.79 Å². The molecule has 20 heavy (non-hydrogen) atoms. The van der Waals surface area contributed by atoms with E-state index in [4.69, 9.17) is 23.2 Å². The smallest absolute Gasteiger partial charge is 0.249 e. The van der Waals surface area contributed by atoms with E-state index < -0.39 is 0 Å². The molecule has 0 radical (unpaired) electrons. The van der Waals surface area contributed by atoms with Crippen LogP contribution in [-0.2, 0) is 11.2 Å². The predicted molar refractivity (Wildman–Crippen MR) is 82.1 cm³/mol. The van der Waals surface area contributed by atoms with Gasteiger partial charge in [0.05, 0.1) is 6.20 Å². The lowest BCUT2D eigenvalue weighted by Crippen LogP contribution is -2.09. The molecule has 0 atom stereocenters. The molecule has 2 aromatic rings. The fourth-order valence-electron chi connectivity index (χ4n) is 1.66. The summed E-state index contributed by atoms with van der Waals surface area (Å²) in [5.74, 6) is 0.347. The van der Waals surface area contributed by atoms with Crippen molar-refractivity contribution in [2.24, 2.45) is 0 Å². The molecule has 0 spiro atoms. The first-order valence-corrected chi connectivity index (χ1v) is 6.82. The maximum absolute atomic E-state index is 11.8. The Hall–Kier alpha value is -1.78. The molecule has 6 heteroatoms. The van der Waals surface area contributed by atoms with Crippen LogP contribution in [-0.4, -0.2) is 16.1 Å². The summed E-state index contributed by atoms with van der Waals surface area (Å²) in [6.07, 6.45) is 5.49. The van der Waals surface area contributed by atoms with E-state index in [1.807, 2.05) is 6.92 Å². The minimum Gasteiger partial charge on any atom is -0.307 e. The second kappa shape index (κ2) is 6.59. The van der Waals surface area contributed by atoms with Crippen molar-refractivity contribution >= 4 is 41.0 Å². The number of nitrogens with zero attached hydrogens (tertiary/aromatic N) is 1. The summed E-state index contributed by atoms with van der Waals surface area (Å²) in [6.45, 7) is 1.99. The van der Waals surface area contributed by atoms with Gasteiger partial charge in [-0.1, -0.05) is 30.1 Å². The van der Waals surface area contributed by atoms with Crippen molar-refractivity contribution in [2.75, 3.05) is 5.32 Å². The van der Waals surface area contributed by atoms with Gasteiger partial charge in [0.25, 0.3) is 0 Å². The van der Waals surface area contributed by atoms with Gasteiger partial charge in [0.1, 0.15) is 5.82 Å². The Kier molecular flexibility index (Phi) is 4.82. The molecule has 1 amide bonds. The molecule has 2 N–H and O–H groups in total. The normalized spacial score (nSPS) is 10.9. The van der Waals surface area contributed by atoms with Crippen LogP contribution in [0.2, 0.25) is 10.0 Å². The molecule has 1 aromatic heterocycles. The standard InChI is InChI=1S/C14H13Cl2N3O/c1-2-9-8-17-19-14(9)18-13(20)6-3-10-7-11(15)4-5-12(10)16/h3-8H,2H2,1H3,(H2,17,18,19,20)/b6-3+. The van der Waals surface area contributed by atoms with Crippen LogP contribution < -0.4 is 5.32 Å². The van der Waals surface area contributed by atoms with E-state index in [-0.39, 0.29) is 5.91 Å². The summed E-state index contributed by atoms with van der Waals surface area (Å²) >= 11 is 11.9. The van der Waals surface area contributed by atoms with E-state index in [2.05, 4.69) is 15.5 Å². The second-order valence-corrected chi connectivity index (χ2v) is 4.96. The molecule has 0 aliphatic heterocycles. The number of nitrogens with one attached hydrogen (secondary N) is 2. The van der Waals surface area contributed by atoms with Gasteiger partial charge in [-0.05, 0) is 36.3 Å². The van der Waals surface area contributed by atoms with Gasteiger partial charge in [0.15, 0.2) is 0 Å². The second-order valence-electron chi connectivity index (χ2n) is 4.11. The van der Waals surface area contributed by atoms with Gasteiger partial charge >= 0.3 is 0 Å². The van der Waals surface area contributed by atoms with Crippen molar-refractivity contribution in [3.8, 4) is 0 Å². The zero-order valence-electron chi connectivity index (χ0n) is 10.8. The number of amides is 1. The molecule has 4 nitrogen and oxygen atoms in total. The summed E-state index contributed by atoms with van der Waals surface area (Å²) in [4.78, 5) is 11.8. The molecule has 0 saturated carbocycles. The summed E-state index contributed by atoms with van der Waals surface area (Å²) in [7, 11) is 0. The number of anilines is 1. The number of halogens is 2. The van der Waals surface area contributed by atoms with E-state index >= 15 is 0 Å². The highest BCUT2D eigenvalue weighted by Crippen LogP contribution is 2.21. The predicted octanol–water partition coefficient (Wildman–Crippen LogP) is 3.93. The number of hydrogen-bond donors (Lipinski definition) is 2. The number of aromatic nitrogens is 2. The highest BCUT2D eigenvalue weighted by atomic mass is 35.5. The summed E-state index contributed by atoms with van der Waals surface area (Å²) < 4.78 is 0. The third kappa shape index (κ3) is 3.62. The first-order chi connectivity index (χ1) is 9.60. The van der Waals surface area contributed by atoms with Crippen LogP contribution >= 0.6 is 23.2 Å². The number of carbonyl (C=O) groups is 1. The lowest BCUT2D eigenvalue weighted by Gasteiger charge is -2.02. The molecular formula is C14H13Cl2N3O. The van der Waals surface area contributed by atoms with Crippen molar-refractivity contribution in [1.29, 1.82) is 0 Å². The van der Waals surface area contributed by atoms with Crippen LogP contribution in [0.4, 0.5) is 5.82 Å². The average molecular weight is 310 g/mol. The number of aryl methyl sites for hydroxylation is 1. The Labute approximate surface area is 126 Å². The van der Waals surface area contributed by atoms with E-state index in [0.717, 1.165) is 12.0 Å². The lowest BCUT2D eigenvalue weighted by molar-refractivity contribution is -0.111. The zero-order chi connectivity index (χ0) is 14.5. The third-order valence-electron chi connectivity index (χ3n) is 2.72. The maximum atomic E-state index is 11.8. The van der Waals surface area contributed by atoms with E-state index in [1.165, 1.54) is 6.08 Å². The molecule has 1 heterocycles. The van der Waals surface area contributed by atoms with Crippen molar-refractivity contribution in [1.82, 2.24) is 10.2 Å². The molecule has 0 bridgehead atoms. The summed E-state index contributed by atoms with van der Waals surface area (Å²) in [5, 5.41) is 10.5. The van der Waals surface area contributed by atoms with Gasteiger partial charge in [-0.25, -0.2) is 0 Å². The Balaban J connectivity index is 2.08. The maximum Gasteiger partial charge on any atom is 0.249 e. The number of aromatic amines is 1. The Bertz CT molecular complexity index is 650. The Morgan fingerprint density at radius 2 is 2.25 bits per heavy atom. The highest BCUT2D eigenvalue weighted by Gasteiger charge is 2.05. The van der Waals surface area contributed by atoms with Crippen molar-refractivity contribution in [2.45, 2.75) is 13.3 Å². The van der Waals surface area contributed by atoms with Crippen LogP contribution in [0.3, 0.4) is 0 Å². The minimum absolute atomic E-state index is 0.264. The Morgan fingerprint density at radius 1 is 1.45 bits per heavy atom. The van der Waals surface area contributed by atoms with Gasteiger partial charge in [0.2, 0.25) is 5.91 Å². The van der Waals surface area contributed by atoms with Gasteiger partial charge < -0.3 is 5.32 Å². The van der Waals surface area contributed by atoms with E-state index in [1.54, 1.807) is 30.5 Å². The monoisotopic (exact) mass is 309 g/mol. The SMILES string of the molecule is CCc1cn[nH]c1NC(=O)/C=C/c1cc(Cl)ccc1Cl. The van der Waals surface area contributed by atoms with Gasteiger partial charge in [-0.3, -0.25) is 9.89 Å². The van der Waals surface area contributed by atoms with Gasteiger partial charge in [0, 0.05) is 21.7 Å². The van der Waals surface area contributed by atoms with Crippen LogP contribution in [0.25, 0.3) is 6.08 Å². The summed E-state index contributed by atoms with van der Waals surface area (Å²) in [6, 6.07) is 5.08. The molecule has 104 valence electrons. The fourth-order valence-corrected chi connectivity index (χ4v) is 2.02. The molecule has 0 aliphatic carbocycles. The minimum atomic E-state index is -0.264. The molecule has 1 aromatic carbocycles. The van der Waals surface area contributed by atoms with Crippen LogP contribution in [0.15, 0.2) is 30.5 Å². The van der Waals surface area contributed by atoms with Crippen LogP contribution in [0, 0.1) is 0 Å². The third-order valence-corrected chi connectivity index (χ3v) is 3.30. The largest absolute Gasteiger partial charge is 0.307 e. The molecule has 0 aliphatic rings.